The molecule has 1 fully saturated rings. The second kappa shape index (κ2) is 5.81. The van der Waals surface area contributed by atoms with Crippen molar-refractivity contribution in [3.05, 3.63) is 41.2 Å². The number of para-hydroxylation sites is 1. The molecule has 2 aromatic rings. The highest BCUT2D eigenvalue weighted by atomic mass is 35.5. The van der Waals surface area contributed by atoms with E-state index in [-0.39, 0.29) is 18.2 Å². The lowest BCUT2D eigenvalue weighted by molar-refractivity contribution is -0.122. The van der Waals surface area contributed by atoms with Crippen molar-refractivity contribution in [2.45, 2.75) is 13.3 Å². The summed E-state index contributed by atoms with van der Waals surface area (Å²) in [5.41, 5.74) is 1.49. The van der Waals surface area contributed by atoms with Crippen LogP contribution in [-0.2, 0) is 9.59 Å². The number of imidazole rings is 1. The fraction of sp³-hybridized carbons (Fsp3) is 0.267. The van der Waals surface area contributed by atoms with Crippen LogP contribution in [0, 0.1) is 12.8 Å². The first-order chi connectivity index (χ1) is 10.5. The van der Waals surface area contributed by atoms with Crippen LogP contribution in [0.3, 0.4) is 0 Å². The predicted octanol–water partition coefficient (Wildman–Crippen LogP) is 2.36. The summed E-state index contributed by atoms with van der Waals surface area (Å²) >= 11 is 6.12. The van der Waals surface area contributed by atoms with Crippen LogP contribution < -0.4 is 10.2 Å². The highest BCUT2D eigenvalue weighted by molar-refractivity contribution is 6.33. The summed E-state index contributed by atoms with van der Waals surface area (Å²) in [6.45, 7) is 2.16. The minimum atomic E-state index is -0.422. The summed E-state index contributed by atoms with van der Waals surface area (Å²) < 4.78 is 0. The van der Waals surface area contributed by atoms with Crippen molar-refractivity contribution in [3.8, 4) is 0 Å². The first-order valence-corrected chi connectivity index (χ1v) is 7.30. The number of benzene rings is 1. The number of rotatable bonds is 3. The van der Waals surface area contributed by atoms with E-state index < -0.39 is 5.92 Å². The second-order valence-corrected chi connectivity index (χ2v) is 5.67. The zero-order chi connectivity index (χ0) is 15.7. The summed E-state index contributed by atoms with van der Waals surface area (Å²) in [5, 5.41) is 3.19. The highest BCUT2D eigenvalue weighted by Gasteiger charge is 2.36. The van der Waals surface area contributed by atoms with Gasteiger partial charge < -0.3 is 9.88 Å². The molecule has 0 saturated carbocycles. The normalized spacial score (nSPS) is 17.8. The quantitative estimate of drug-likeness (QED) is 0.912. The number of amides is 2. The van der Waals surface area contributed by atoms with E-state index in [9.17, 15) is 9.59 Å². The maximum atomic E-state index is 12.2. The van der Waals surface area contributed by atoms with E-state index in [2.05, 4.69) is 15.3 Å². The molecule has 7 heteroatoms. The van der Waals surface area contributed by atoms with Gasteiger partial charge in [0.1, 0.15) is 0 Å². The number of halogens is 1. The van der Waals surface area contributed by atoms with Crippen LogP contribution in [0.15, 0.2) is 30.5 Å². The van der Waals surface area contributed by atoms with Gasteiger partial charge in [0.2, 0.25) is 17.8 Å². The van der Waals surface area contributed by atoms with E-state index >= 15 is 0 Å². The number of H-pyrrole nitrogens is 1. The fourth-order valence-electron chi connectivity index (χ4n) is 2.48. The van der Waals surface area contributed by atoms with Crippen LogP contribution >= 0.6 is 11.6 Å². The first-order valence-electron chi connectivity index (χ1n) is 6.92. The Morgan fingerprint density at radius 3 is 2.91 bits per heavy atom. The molecule has 0 bridgehead atoms. The molecule has 1 saturated heterocycles. The van der Waals surface area contributed by atoms with Crippen LogP contribution in [-0.4, -0.2) is 28.3 Å². The lowest BCUT2D eigenvalue weighted by atomic mass is 10.1. The topological polar surface area (TPSA) is 78.1 Å². The number of nitrogens with zero attached hydrogens (tertiary/aromatic N) is 2. The van der Waals surface area contributed by atoms with E-state index in [0.29, 0.717) is 23.2 Å². The standard InChI is InChI=1S/C15H15ClN4O2/c1-9-7-17-15(18-9)19-14(22)10-6-13(21)20(8-10)12-5-3-2-4-11(12)16/h2-5,7,10H,6,8H2,1H3,(H2,17,18,19,22). The third kappa shape index (κ3) is 2.82. The molecule has 2 N–H and O–H groups in total. The molecular formula is C15H15ClN4O2. The minimum Gasteiger partial charge on any atom is -0.328 e. The maximum absolute atomic E-state index is 12.2. The van der Waals surface area contributed by atoms with Crippen LogP contribution in [0.4, 0.5) is 11.6 Å². The van der Waals surface area contributed by atoms with Crippen LogP contribution in [0.5, 0.6) is 0 Å². The van der Waals surface area contributed by atoms with E-state index in [0.717, 1.165) is 5.69 Å². The van der Waals surface area contributed by atoms with Crippen molar-refractivity contribution >= 4 is 35.1 Å². The van der Waals surface area contributed by atoms with E-state index in [1.165, 1.54) is 0 Å². The van der Waals surface area contributed by atoms with Crippen molar-refractivity contribution in [1.29, 1.82) is 0 Å². The van der Waals surface area contributed by atoms with Gasteiger partial charge in [0.25, 0.3) is 0 Å². The average Bonchev–Trinajstić information content (AvgIpc) is 3.06. The summed E-state index contributed by atoms with van der Waals surface area (Å²) in [5.74, 6) is -0.360. The van der Waals surface area contributed by atoms with Crippen LogP contribution in [0.1, 0.15) is 12.1 Å². The van der Waals surface area contributed by atoms with Crippen molar-refractivity contribution < 1.29 is 9.59 Å². The highest BCUT2D eigenvalue weighted by Crippen LogP contribution is 2.31. The van der Waals surface area contributed by atoms with Gasteiger partial charge in [-0.1, -0.05) is 23.7 Å². The number of carbonyl (C=O) groups excluding carboxylic acids is 2. The lowest BCUT2D eigenvalue weighted by Gasteiger charge is -2.17. The minimum absolute atomic E-state index is 0.108. The number of aryl methyl sites for hydroxylation is 1. The summed E-state index contributed by atoms with van der Waals surface area (Å²) in [6, 6.07) is 7.11. The number of hydrogen-bond acceptors (Lipinski definition) is 3. The van der Waals surface area contributed by atoms with Gasteiger partial charge in [-0.2, -0.15) is 0 Å². The van der Waals surface area contributed by atoms with Crippen LogP contribution in [0.25, 0.3) is 0 Å². The Labute approximate surface area is 132 Å². The van der Waals surface area contributed by atoms with E-state index in [4.69, 9.17) is 11.6 Å². The van der Waals surface area contributed by atoms with Gasteiger partial charge in [0.05, 0.1) is 16.6 Å². The number of nitrogens with one attached hydrogen (secondary N) is 2. The first kappa shape index (κ1) is 14.6. The van der Waals surface area contributed by atoms with Gasteiger partial charge in [0.15, 0.2) is 0 Å². The van der Waals surface area contributed by atoms with Crippen molar-refractivity contribution in [2.75, 3.05) is 16.8 Å². The molecular weight excluding hydrogens is 304 g/mol. The number of aromatic nitrogens is 2. The molecule has 114 valence electrons. The summed E-state index contributed by atoms with van der Waals surface area (Å²) in [4.78, 5) is 32.9. The molecule has 22 heavy (non-hydrogen) atoms. The molecule has 1 unspecified atom stereocenters. The molecule has 0 aliphatic carbocycles. The number of hydrogen-bond donors (Lipinski definition) is 2. The average molecular weight is 319 g/mol. The Morgan fingerprint density at radius 1 is 1.45 bits per heavy atom. The molecule has 3 rings (SSSR count). The predicted molar refractivity (Wildman–Crippen MR) is 83.9 cm³/mol. The Bertz CT molecular complexity index is 728. The zero-order valence-electron chi connectivity index (χ0n) is 12.0. The summed E-state index contributed by atoms with van der Waals surface area (Å²) in [6.07, 6.45) is 1.79. The Hall–Kier alpha value is -2.34. The monoisotopic (exact) mass is 318 g/mol. The number of anilines is 2. The third-order valence-electron chi connectivity index (χ3n) is 3.58. The Morgan fingerprint density at radius 2 is 2.23 bits per heavy atom. The Balaban J connectivity index is 1.71. The molecule has 6 nitrogen and oxygen atoms in total. The van der Waals surface area contributed by atoms with Gasteiger partial charge in [-0.25, -0.2) is 4.98 Å². The zero-order valence-corrected chi connectivity index (χ0v) is 12.7. The van der Waals surface area contributed by atoms with Gasteiger partial charge in [-0.3, -0.25) is 14.9 Å². The number of aromatic amines is 1. The van der Waals surface area contributed by atoms with Crippen molar-refractivity contribution in [3.63, 3.8) is 0 Å². The molecule has 1 aliphatic rings. The second-order valence-electron chi connectivity index (χ2n) is 5.26. The third-order valence-corrected chi connectivity index (χ3v) is 3.90. The molecule has 0 spiro atoms. The fourth-order valence-corrected chi connectivity index (χ4v) is 2.72. The molecule has 1 aliphatic heterocycles. The maximum Gasteiger partial charge on any atom is 0.232 e. The largest absolute Gasteiger partial charge is 0.328 e. The van der Waals surface area contributed by atoms with Crippen molar-refractivity contribution in [1.82, 2.24) is 9.97 Å². The van der Waals surface area contributed by atoms with E-state index in [1.54, 1.807) is 29.3 Å². The molecule has 0 radical (unpaired) electrons. The smallest absolute Gasteiger partial charge is 0.232 e. The molecule has 2 amide bonds. The molecule has 1 atom stereocenters. The van der Waals surface area contributed by atoms with Gasteiger partial charge in [-0.05, 0) is 19.1 Å². The van der Waals surface area contributed by atoms with Gasteiger partial charge in [0, 0.05) is 24.9 Å². The molecule has 1 aromatic carbocycles. The lowest BCUT2D eigenvalue weighted by Crippen LogP contribution is -2.28. The number of carbonyl (C=O) groups is 2. The van der Waals surface area contributed by atoms with Crippen molar-refractivity contribution in [2.24, 2.45) is 5.92 Å². The Kier molecular flexibility index (Phi) is 3.85. The molecule has 1 aromatic heterocycles. The molecule has 2 heterocycles. The van der Waals surface area contributed by atoms with Crippen LogP contribution in [0.2, 0.25) is 5.02 Å². The SMILES string of the molecule is Cc1cnc(NC(=O)C2CC(=O)N(c3ccccc3Cl)C2)[nH]1. The summed E-state index contributed by atoms with van der Waals surface area (Å²) in [7, 11) is 0. The van der Waals surface area contributed by atoms with E-state index in [1.807, 2.05) is 13.0 Å². The van der Waals surface area contributed by atoms with Gasteiger partial charge >= 0.3 is 0 Å². The van der Waals surface area contributed by atoms with Gasteiger partial charge in [-0.15, -0.1) is 0 Å².